The molecule has 1 amide bonds. The molecule has 0 aliphatic rings. The van der Waals surface area contributed by atoms with Crippen LogP contribution < -0.4 is 5.32 Å². The number of hydrogen-bond donors (Lipinski definition) is 2. The fraction of sp³-hybridized carbons (Fsp3) is 0.467. The van der Waals surface area contributed by atoms with E-state index in [0.717, 1.165) is 4.90 Å². The molecule has 4 nitrogen and oxygen atoms in total. The normalized spacial score (nSPS) is 12.8. The van der Waals surface area contributed by atoms with Crippen LogP contribution in [0.25, 0.3) is 0 Å². The van der Waals surface area contributed by atoms with Crippen LogP contribution in [0.2, 0.25) is 5.02 Å². The molecule has 1 rings (SSSR count). The summed E-state index contributed by atoms with van der Waals surface area (Å²) in [5, 5.41) is 12.3. The Labute approximate surface area is 134 Å². The second-order valence-corrected chi connectivity index (χ2v) is 7.23. The SMILES string of the molecule is CC(C)(C)C(CC(=O)O)NC(=O)CSc1ccccc1Cl. The summed E-state index contributed by atoms with van der Waals surface area (Å²) in [7, 11) is 0. The molecule has 0 fully saturated rings. The zero-order valence-corrected chi connectivity index (χ0v) is 13.9. The van der Waals surface area contributed by atoms with Crippen LogP contribution in [0.15, 0.2) is 29.2 Å². The first kappa shape index (κ1) is 17.9. The van der Waals surface area contributed by atoms with E-state index in [1.165, 1.54) is 11.8 Å². The zero-order chi connectivity index (χ0) is 16.0. The fourth-order valence-electron chi connectivity index (χ4n) is 1.69. The summed E-state index contributed by atoms with van der Waals surface area (Å²) < 4.78 is 0. The summed E-state index contributed by atoms with van der Waals surface area (Å²) in [6, 6.07) is 6.89. The lowest BCUT2D eigenvalue weighted by Gasteiger charge is -2.30. The van der Waals surface area contributed by atoms with Gasteiger partial charge in [0.2, 0.25) is 5.91 Å². The van der Waals surface area contributed by atoms with Crippen molar-refractivity contribution in [2.45, 2.75) is 38.1 Å². The van der Waals surface area contributed by atoms with Crippen molar-refractivity contribution in [3.05, 3.63) is 29.3 Å². The standard InChI is InChI=1S/C15H20ClNO3S/c1-15(2,3)12(8-14(19)20)17-13(18)9-21-11-7-5-4-6-10(11)16/h4-7,12H,8-9H2,1-3H3,(H,17,18)(H,19,20). The predicted molar refractivity (Wildman–Crippen MR) is 85.8 cm³/mol. The Balaban J connectivity index is 2.58. The van der Waals surface area contributed by atoms with E-state index in [1.54, 1.807) is 6.07 Å². The number of nitrogens with one attached hydrogen (secondary N) is 1. The van der Waals surface area contributed by atoms with Crippen molar-refractivity contribution in [2.75, 3.05) is 5.75 Å². The number of carboxylic acids is 1. The molecule has 21 heavy (non-hydrogen) atoms. The van der Waals surface area contributed by atoms with Crippen molar-refractivity contribution >= 4 is 35.2 Å². The molecular formula is C15H20ClNO3S. The first-order chi connectivity index (χ1) is 9.70. The van der Waals surface area contributed by atoms with Gasteiger partial charge in [0.05, 0.1) is 17.2 Å². The molecule has 0 aliphatic carbocycles. The van der Waals surface area contributed by atoms with Crippen LogP contribution in [-0.2, 0) is 9.59 Å². The molecule has 1 unspecified atom stereocenters. The average Bonchev–Trinajstić information content (AvgIpc) is 2.35. The van der Waals surface area contributed by atoms with Gasteiger partial charge in [-0.25, -0.2) is 0 Å². The van der Waals surface area contributed by atoms with Gasteiger partial charge >= 0.3 is 5.97 Å². The molecule has 0 aliphatic heterocycles. The number of amides is 1. The second-order valence-electron chi connectivity index (χ2n) is 5.80. The molecule has 0 saturated heterocycles. The van der Waals surface area contributed by atoms with Crippen LogP contribution in [0.5, 0.6) is 0 Å². The van der Waals surface area contributed by atoms with Gasteiger partial charge in [-0.05, 0) is 17.5 Å². The number of carbonyl (C=O) groups is 2. The molecule has 6 heteroatoms. The summed E-state index contributed by atoms with van der Waals surface area (Å²) in [5.74, 6) is -0.911. The minimum absolute atomic E-state index is 0.0913. The second kappa shape index (κ2) is 7.71. The van der Waals surface area contributed by atoms with Gasteiger partial charge in [0, 0.05) is 10.9 Å². The Morgan fingerprint density at radius 3 is 2.48 bits per heavy atom. The molecule has 0 radical (unpaired) electrons. The molecule has 0 saturated carbocycles. The third kappa shape index (κ3) is 6.40. The molecule has 0 aromatic heterocycles. The number of aliphatic carboxylic acids is 1. The number of benzene rings is 1. The molecule has 1 atom stereocenters. The Bertz CT molecular complexity index is 514. The van der Waals surface area contributed by atoms with Crippen molar-refractivity contribution in [1.82, 2.24) is 5.32 Å². The maximum Gasteiger partial charge on any atom is 0.305 e. The Kier molecular flexibility index (Phi) is 6.55. The van der Waals surface area contributed by atoms with E-state index in [1.807, 2.05) is 39.0 Å². The van der Waals surface area contributed by atoms with Crippen molar-refractivity contribution < 1.29 is 14.7 Å². The van der Waals surface area contributed by atoms with Gasteiger partial charge < -0.3 is 10.4 Å². The van der Waals surface area contributed by atoms with Crippen molar-refractivity contribution in [3.63, 3.8) is 0 Å². The lowest BCUT2D eigenvalue weighted by Crippen LogP contribution is -2.45. The third-order valence-corrected chi connectivity index (χ3v) is 4.47. The van der Waals surface area contributed by atoms with Crippen molar-refractivity contribution in [2.24, 2.45) is 5.41 Å². The minimum Gasteiger partial charge on any atom is -0.481 e. The number of hydrogen-bond acceptors (Lipinski definition) is 3. The van der Waals surface area contributed by atoms with E-state index >= 15 is 0 Å². The van der Waals surface area contributed by atoms with E-state index < -0.39 is 12.0 Å². The molecule has 0 heterocycles. The highest BCUT2D eigenvalue weighted by Crippen LogP contribution is 2.27. The summed E-state index contributed by atoms with van der Waals surface area (Å²) in [6.07, 6.45) is -0.0913. The molecule has 0 bridgehead atoms. The van der Waals surface area contributed by atoms with Crippen LogP contribution in [0.1, 0.15) is 27.2 Å². The first-order valence-electron chi connectivity index (χ1n) is 6.58. The van der Waals surface area contributed by atoms with E-state index in [4.69, 9.17) is 16.7 Å². The number of halogens is 1. The van der Waals surface area contributed by atoms with Gasteiger partial charge in [0.15, 0.2) is 0 Å². The smallest absolute Gasteiger partial charge is 0.305 e. The largest absolute Gasteiger partial charge is 0.481 e. The summed E-state index contributed by atoms with van der Waals surface area (Å²) >= 11 is 7.36. The lowest BCUT2D eigenvalue weighted by molar-refractivity contribution is -0.138. The molecule has 2 N–H and O–H groups in total. The van der Waals surface area contributed by atoms with Crippen LogP contribution in [0.3, 0.4) is 0 Å². The van der Waals surface area contributed by atoms with Gasteiger partial charge in [0.25, 0.3) is 0 Å². The monoisotopic (exact) mass is 329 g/mol. The predicted octanol–water partition coefficient (Wildman–Crippen LogP) is 3.44. The third-order valence-electron chi connectivity index (χ3n) is 2.95. The van der Waals surface area contributed by atoms with Gasteiger partial charge in [-0.1, -0.05) is 44.5 Å². The summed E-state index contributed by atoms with van der Waals surface area (Å²) in [5.41, 5.74) is -0.316. The average molecular weight is 330 g/mol. The van der Waals surface area contributed by atoms with E-state index in [-0.39, 0.29) is 23.5 Å². The van der Waals surface area contributed by atoms with Gasteiger partial charge in [0.1, 0.15) is 0 Å². The number of carboxylic acid groups (broad SMARTS) is 1. The maximum absolute atomic E-state index is 12.0. The highest BCUT2D eigenvalue weighted by Gasteiger charge is 2.28. The number of thioether (sulfide) groups is 1. The molecule has 1 aromatic carbocycles. The molecule has 116 valence electrons. The summed E-state index contributed by atoms with van der Waals surface area (Å²) in [4.78, 5) is 23.7. The van der Waals surface area contributed by atoms with Crippen molar-refractivity contribution in [1.29, 1.82) is 0 Å². The highest BCUT2D eigenvalue weighted by molar-refractivity contribution is 8.00. The maximum atomic E-state index is 12.0. The van der Waals surface area contributed by atoms with Crippen LogP contribution in [-0.4, -0.2) is 28.8 Å². The minimum atomic E-state index is -0.922. The van der Waals surface area contributed by atoms with Gasteiger partial charge in [-0.3, -0.25) is 9.59 Å². The fourth-order valence-corrected chi connectivity index (χ4v) is 2.74. The Morgan fingerprint density at radius 2 is 1.95 bits per heavy atom. The Morgan fingerprint density at radius 1 is 1.33 bits per heavy atom. The Hall–Kier alpha value is -1.20. The van der Waals surface area contributed by atoms with E-state index in [2.05, 4.69) is 5.32 Å². The molecule has 1 aromatic rings. The quantitative estimate of drug-likeness (QED) is 0.785. The number of rotatable bonds is 6. The van der Waals surface area contributed by atoms with Gasteiger partial charge in [-0.2, -0.15) is 0 Å². The first-order valence-corrected chi connectivity index (χ1v) is 7.95. The van der Waals surface area contributed by atoms with Crippen LogP contribution >= 0.6 is 23.4 Å². The summed E-state index contributed by atoms with van der Waals surface area (Å²) in [6.45, 7) is 5.71. The number of carbonyl (C=O) groups excluding carboxylic acids is 1. The zero-order valence-electron chi connectivity index (χ0n) is 12.4. The lowest BCUT2D eigenvalue weighted by atomic mass is 9.85. The van der Waals surface area contributed by atoms with Gasteiger partial charge in [-0.15, -0.1) is 11.8 Å². The molecule has 0 spiro atoms. The van der Waals surface area contributed by atoms with E-state index in [0.29, 0.717) is 5.02 Å². The topological polar surface area (TPSA) is 66.4 Å². The van der Waals surface area contributed by atoms with Crippen LogP contribution in [0, 0.1) is 5.41 Å². The molecular weight excluding hydrogens is 310 g/mol. The van der Waals surface area contributed by atoms with Crippen molar-refractivity contribution in [3.8, 4) is 0 Å². The van der Waals surface area contributed by atoms with E-state index in [9.17, 15) is 9.59 Å². The highest BCUT2D eigenvalue weighted by atomic mass is 35.5. The van der Waals surface area contributed by atoms with Crippen LogP contribution in [0.4, 0.5) is 0 Å².